The Balaban J connectivity index is 1.42. The summed E-state index contributed by atoms with van der Waals surface area (Å²) in [4.78, 5) is 14.6. The van der Waals surface area contributed by atoms with Crippen LogP contribution in [0.2, 0.25) is 0 Å². The van der Waals surface area contributed by atoms with Crippen LogP contribution in [0, 0.1) is 18.7 Å². The van der Waals surface area contributed by atoms with Crippen LogP contribution in [0.4, 0.5) is 16.1 Å². The number of aromatic nitrogens is 3. The van der Waals surface area contributed by atoms with Crippen molar-refractivity contribution < 1.29 is 13.7 Å². The lowest BCUT2D eigenvalue weighted by molar-refractivity contribution is -0.120. The zero-order valence-corrected chi connectivity index (χ0v) is 15.4. The van der Waals surface area contributed by atoms with Crippen LogP contribution < -0.4 is 10.2 Å². The molecular weight excluding hydrogens is 361 g/mol. The summed E-state index contributed by atoms with van der Waals surface area (Å²) in [7, 11) is 0. The van der Waals surface area contributed by atoms with Crippen molar-refractivity contribution in [3.8, 4) is 11.3 Å². The smallest absolute Gasteiger partial charge is 0.231 e. The summed E-state index contributed by atoms with van der Waals surface area (Å²) < 4.78 is 18.1. The highest BCUT2D eigenvalue weighted by Gasteiger charge is 2.27. The number of hydrogen-bond donors (Lipinski definition) is 1. The first kappa shape index (κ1) is 18.1. The molecule has 3 heterocycles. The second-order valence-electron chi connectivity index (χ2n) is 6.89. The van der Waals surface area contributed by atoms with Crippen LogP contribution in [0.5, 0.6) is 0 Å². The number of rotatable bonds is 4. The summed E-state index contributed by atoms with van der Waals surface area (Å²) in [6.07, 6.45) is 1.69. The molecule has 7 nitrogen and oxygen atoms in total. The molecule has 0 radical (unpaired) electrons. The predicted octanol–water partition coefficient (Wildman–Crippen LogP) is 3.43. The van der Waals surface area contributed by atoms with Crippen LogP contribution in [-0.4, -0.2) is 34.4 Å². The Morgan fingerprint density at radius 3 is 2.71 bits per heavy atom. The summed E-state index contributed by atoms with van der Waals surface area (Å²) in [5, 5.41) is 15.1. The van der Waals surface area contributed by atoms with E-state index in [9.17, 15) is 9.18 Å². The van der Waals surface area contributed by atoms with Crippen LogP contribution in [0.3, 0.4) is 0 Å². The number of carbonyl (C=O) groups is 1. The molecule has 1 aromatic carbocycles. The summed E-state index contributed by atoms with van der Waals surface area (Å²) >= 11 is 0. The fraction of sp³-hybridized carbons (Fsp3) is 0.300. The van der Waals surface area contributed by atoms with Crippen LogP contribution in [0.15, 0.2) is 47.0 Å². The summed E-state index contributed by atoms with van der Waals surface area (Å²) in [6, 6.07) is 11.6. The molecule has 1 saturated heterocycles. The van der Waals surface area contributed by atoms with E-state index in [0.717, 1.165) is 36.5 Å². The third kappa shape index (κ3) is 4.00. The Bertz CT molecular complexity index is 955. The maximum atomic E-state index is 13.1. The largest absolute Gasteiger partial charge is 0.354 e. The van der Waals surface area contributed by atoms with Crippen molar-refractivity contribution in [3.63, 3.8) is 0 Å². The van der Waals surface area contributed by atoms with Gasteiger partial charge in [-0.3, -0.25) is 10.1 Å². The van der Waals surface area contributed by atoms with E-state index in [1.807, 2.05) is 12.1 Å². The highest BCUT2D eigenvalue weighted by Crippen LogP contribution is 2.24. The third-order valence-electron chi connectivity index (χ3n) is 4.78. The fourth-order valence-corrected chi connectivity index (χ4v) is 3.31. The van der Waals surface area contributed by atoms with Crippen LogP contribution in [0.25, 0.3) is 11.3 Å². The van der Waals surface area contributed by atoms with E-state index >= 15 is 0 Å². The van der Waals surface area contributed by atoms with E-state index in [-0.39, 0.29) is 17.6 Å². The molecule has 28 heavy (non-hydrogen) atoms. The van der Waals surface area contributed by atoms with Gasteiger partial charge < -0.3 is 9.42 Å². The van der Waals surface area contributed by atoms with Crippen LogP contribution >= 0.6 is 0 Å². The topological polar surface area (TPSA) is 84.2 Å². The number of halogens is 1. The molecule has 1 aliphatic rings. The Kier molecular flexibility index (Phi) is 5.01. The molecule has 2 aromatic heterocycles. The molecule has 3 aromatic rings. The molecule has 0 saturated carbocycles. The van der Waals surface area contributed by atoms with Gasteiger partial charge >= 0.3 is 0 Å². The lowest BCUT2D eigenvalue weighted by atomic mass is 9.97. The van der Waals surface area contributed by atoms with Crippen molar-refractivity contribution in [2.24, 2.45) is 5.92 Å². The Labute approximate surface area is 161 Å². The molecule has 8 heteroatoms. The number of carbonyl (C=O) groups excluding carboxylic acids is 1. The summed E-state index contributed by atoms with van der Waals surface area (Å²) in [5.41, 5.74) is 2.20. The third-order valence-corrected chi connectivity index (χ3v) is 4.78. The minimum Gasteiger partial charge on any atom is -0.354 e. The predicted molar refractivity (Wildman–Crippen MR) is 102 cm³/mol. The van der Waals surface area contributed by atoms with Gasteiger partial charge in [-0.2, -0.15) is 0 Å². The highest BCUT2D eigenvalue weighted by molar-refractivity contribution is 5.91. The average Bonchev–Trinajstić information content (AvgIpc) is 3.13. The number of nitrogens with zero attached hydrogens (tertiary/aromatic N) is 4. The number of amides is 1. The number of anilines is 2. The van der Waals surface area contributed by atoms with E-state index in [1.165, 1.54) is 12.1 Å². The first-order chi connectivity index (χ1) is 13.6. The highest BCUT2D eigenvalue weighted by atomic mass is 19.1. The molecule has 1 atom stereocenters. The lowest BCUT2D eigenvalue weighted by Gasteiger charge is -2.32. The maximum Gasteiger partial charge on any atom is 0.231 e. The normalized spacial score (nSPS) is 16.8. The number of piperidine rings is 1. The first-order valence-electron chi connectivity index (χ1n) is 9.17. The van der Waals surface area contributed by atoms with Gasteiger partial charge in [0, 0.05) is 24.7 Å². The fourth-order valence-electron chi connectivity index (χ4n) is 3.31. The molecule has 144 valence electrons. The van der Waals surface area contributed by atoms with E-state index in [0.29, 0.717) is 18.1 Å². The van der Waals surface area contributed by atoms with Gasteiger partial charge in [0.25, 0.3) is 0 Å². The molecule has 0 bridgehead atoms. The number of aryl methyl sites for hydroxylation is 1. The van der Waals surface area contributed by atoms with E-state index in [4.69, 9.17) is 4.52 Å². The van der Waals surface area contributed by atoms with Crippen molar-refractivity contribution in [2.45, 2.75) is 19.8 Å². The van der Waals surface area contributed by atoms with Crippen molar-refractivity contribution >= 4 is 17.6 Å². The average molecular weight is 381 g/mol. The van der Waals surface area contributed by atoms with Gasteiger partial charge in [0.2, 0.25) is 11.8 Å². The Hall–Kier alpha value is -3.29. The number of hydrogen-bond acceptors (Lipinski definition) is 6. The zero-order valence-electron chi connectivity index (χ0n) is 15.4. The van der Waals surface area contributed by atoms with Gasteiger partial charge in [-0.1, -0.05) is 5.16 Å². The Morgan fingerprint density at radius 2 is 2.04 bits per heavy atom. The first-order valence-corrected chi connectivity index (χ1v) is 9.17. The van der Waals surface area contributed by atoms with Crippen molar-refractivity contribution in [1.82, 2.24) is 15.4 Å². The minimum atomic E-state index is -0.286. The van der Waals surface area contributed by atoms with Gasteiger partial charge in [0.1, 0.15) is 5.82 Å². The Morgan fingerprint density at radius 1 is 1.21 bits per heavy atom. The number of nitrogens with one attached hydrogen (secondary N) is 1. The van der Waals surface area contributed by atoms with Crippen LogP contribution in [-0.2, 0) is 4.79 Å². The molecule has 0 spiro atoms. The molecule has 1 amide bonds. The number of benzene rings is 1. The second kappa shape index (κ2) is 7.75. The standard InChI is InChI=1S/C20H20FN5O2/c1-13-11-19(28-25-13)22-20(27)15-3-2-10-26(12-15)18-9-8-17(23-24-18)14-4-6-16(21)7-5-14/h4-9,11,15H,2-3,10,12H2,1H3,(H,22,27). The monoisotopic (exact) mass is 381 g/mol. The van der Waals surface area contributed by atoms with Gasteiger partial charge in [0.05, 0.1) is 17.3 Å². The van der Waals surface area contributed by atoms with Crippen molar-refractivity contribution in [1.29, 1.82) is 0 Å². The second-order valence-corrected chi connectivity index (χ2v) is 6.89. The van der Waals surface area contributed by atoms with Gasteiger partial charge in [-0.15, -0.1) is 10.2 Å². The SMILES string of the molecule is Cc1cc(NC(=O)C2CCCN(c3ccc(-c4ccc(F)cc4)nn3)C2)on1. The molecule has 4 rings (SSSR count). The molecule has 0 aliphatic carbocycles. The zero-order chi connectivity index (χ0) is 19.5. The van der Waals surface area contributed by atoms with Gasteiger partial charge in [-0.25, -0.2) is 4.39 Å². The van der Waals surface area contributed by atoms with E-state index < -0.39 is 0 Å². The van der Waals surface area contributed by atoms with Gasteiger partial charge in [-0.05, 0) is 56.2 Å². The summed E-state index contributed by atoms with van der Waals surface area (Å²) in [6.45, 7) is 3.18. The molecule has 1 N–H and O–H groups in total. The minimum absolute atomic E-state index is 0.0864. The lowest BCUT2D eigenvalue weighted by Crippen LogP contribution is -2.41. The quantitative estimate of drug-likeness (QED) is 0.745. The molecule has 1 aliphatic heterocycles. The van der Waals surface area contributed by atoms with Crippen LogP contribution in [0.1, 0.15) is 18.5 Å². The molecule has 1 unspecified atom stereocenters. The maximum absolute atomic E-state index is 13.1. The molecule has 1 fully saturated rings. The molecular formula is C20H20FN5O2. The summed E-state index contributed by atoms with van der Waals surface area (Å²) in [5.74, 6) is 0.544. The van der Waals surface area contributed by atoms with E-state index in [2.05, 4.69) is 25.6 Å². The van der Waals surface area contributed by atoms with Crippen molar-refractivity contribution in [2.75, 3.05) is 23.3 Å². The van der Waals surface area contributed by atoms with Crippen molar-refractivity contribution in [3.05, 3.63) is 54.0 Å². The van der Waals surface area contributed by atoms with E-state index in [1.54, 1.807) is 25.1 Å². The van der Waals surface area contributed by atoms with Gasteiger partial charge in [0.15, 0.2) is 5.82 Å².